The molecule has 1 rings (SSSR count). The quantitative estimate of drug-likeness (QED) is 0.639. The van der Waals surface area contributed by atoms with Crippen LogP contribution in [0.3, 0.4) is 0 Å². The molecule has 0 spiro atoms. The Morgan fingerprint density at radius 1 is 1.15 bits per heavy atom. The first-order valence-electron chi connectivity index (χ1n) is 5.13. The zero-order valence-corrected chi connectivity index (χ0v) is 8.59. The van der Waals surface area contributed by atoms with Crippen LogP contribution in [-0.2, 0) is 0 Å². The molecule has 0 aliphatic carbocycles. The number of benzene rings is 1. The van der Waals surface area contributed by atoms with E-state index in [1.165, 1.54) is 24.0 Å². The second-order valence-corrected chi connectivity index (χ2v) is 3.24. The van der Waals surface area contributed by atoms with E-state index in [0.29, 0.717) is 0 Å². The summed E-state index contributed by atoms with van der Waals surface area (Å²) in [6, 6.07) is 10.6. The van der Waals surface area contributed by atoms with Crippen molar-refractivity contribution in [2.75, 3.05) is 0 Å². The van der Waals surface area contributed by atoms with Crippen LogP contribution in [-0.4, -0.2) is 0 Å². The summed E-state index contributed by atoms with van der Waals surface area (Å²) in [6.07, 6.45) is 5.91. The van der Waals surface area contributed by atoms with Crippen LogP contribution in [0.4, 0.5) is 0 Å². The number of hydrogen-bond donors (Lipinski definition) is 0. The van der Waals surface area contributed by atoms with Crippen molar-refractivity contribution in [1.29, 1.82) is 0 Å². The lowest BCUT2D eigenvalue weighted by Gasteiger charge is -2.03. The summed E-state index contributed by atoms with van der Waals surface area (Å²) in [4.78, 5) is 0. The minimum Gasteiger partial charge on any atom is -0.0807 e. The molecule has 0 aliphatic rings. The van der Waals surface area contributed by atoms with Crippen LogP contribution in [0.25, 0.3) is 5.57 Å². The van der Waals surface area contributed by atoms with E-state index in [1.54, 1.807) is 0 Å². The van der Waals surface area contributed by atoms with Crippen LogP contribution in [0.5, 0.6) is 0 Å². The highest BCUT2D eigenvalue weighted by Gasteiger charge is 1.95. The first-order valence-corrected chi connectivity index (χ1v) is 5.13. The van der Waals surface area contributed by atoms with E-state index >= 15 is 0 Å². The Bertz CT molecular complexity index is 257. The molecule has 0 radical (unpaired) electrons. The van der Waals surface area contributed by atoms with E-state index in [2.05, 4.69) is 50.3 Å². The summed E-state index contributed by atoms with van der Waals surface area (Å²) in [5.41, 5.74) is 2.85. The Labute approximate surface area is 81.3 Å². The van der Waals surface area contributed by atoms with Crippen molar-refractivity contribution in [1.82, 2.24) is 0 Å². The maximum Gasteiger partial charge on any atom is -0.0228 e. The van der Waals surface area contributed by atoms with Gasteiger partial charge in [0.2, 0.25) is 0 Å². The van der Waals surface area contributed by atoms with E-state index in [1.807, 2.05) is 0 Å². The van der Waals surface area contributed by atoms with Gasteiger partial charge >= 0.3 is 0 Å². The van der Waals surface area contributed by atoms with Gasteiger partial charge in [-0.1, -0.05) is 56.7 Å². The van der Waals surface area contributed by atoms with Gasteiger partial charge in [-0.05, 0) is 24.0 Å². The Kier molecular flexibility index (Phi) is 4.31. The molecule has 13 heavy (non-hydrogen) atoms. The van der Waals surface area contributed by atoms with E-state index in [-0.39, 0.29) is 0 Å². The van der Waals surface area contributed by atoms with Crippen molar-refractivity contribution in [2.24, 2.45) is 0 Å². The molecule has 0 nitrogen and oxygen atoms in total. The molecular formula is C13H18. The first kappa shape index (κ1) is 10.0. The van der Waals surface area contributed by atoms with Gasteiger partial charge in [-0.2, -0.15) is 0 Å². The third kappa shape index (κ3) is 3.06. The SMILES string of the molecule is CCC/C=C(\CC)c1ccccc1. The average Bonchev–Trinajstić information content (AvgIpc) is 2.21. The van der Waals surface area contributed by atoms with Gasteiger partial charge in [0, 0.05) is 0 Å². The maximum absolute atomic E-state index is 2.36. The van der Waals surface area contributed by atoms with Crippen molar-refractivity contribution in [2.45, 2.75) is 33.1 Å². The normalized spacial score (nSPS) is 11.7. The molecule has 0 saturated heterocycles. The van der Waals surface area contributed by atoms with Gasteiger partial charge in [0.15, 0.2) is 0 Å². The van der Waals surface area contributed by atoms with E-state index in [4.69, 9.17) is 0 Å². The van der Waals surface area contributed by atoms with Gasteiger partial charge < -0.3 is 0 Å². The molecule has 0 bridgehead atoms. The zero-order chi connectivity index (χ0) is 9.52. The summed E-state index contributed by atoms with van der Waals surface area (Å²) in [6.45, 7) is 4.43. The Morgan fingerprint density at radius 3 is 2.38 bits per heavy atom. The fourth-order valence-electron chi connectivity index (χ4n) is 1.44. The van der Waals surface area contributed by atoms with Gasteiger partial charge in [0.1, 0.15) is 0 Å². The van der Waals surface area contributed by atoms with Crippen molar-refractivity contribution in [3.05, 3.63) is 42.0 Å². The lowest BCUT2D eigenvalue weighted by atomic mass is 10.0. The zero-order valence-electron chi connectivity index (χ0n) is 8.59. The average molecular weight is 174 g/mol. The maximum atomic E-state index is 2.36. The van der Waals surface area contributed by atoms with Gasteiger partial charge in [-0.25, -0.2) is 0 Å². The van der Waals surface area contributed by atoms with Crippen molar-refractivity contribution in [3.8, 4) is 0 Å². The summed E-state index contributed by atoms with van der Waals surface area (Å²) in [7, 11) is 0. The van der Waals surface area contributed by atoms with Crippen molar-refractivity contribution in [3.63, 3.8) is 0 Å². The van der Waals surface area contributed by atoms with Crippen molar-refractivity contribution < 1.29 is 0 Å². The molecular weight excluding hydrogens is 156 g/mol. The molecule has 1 aromatic rings. The molecule has 0 heteroatoms. The third-order valence-corrected chi connectivity index (χ3v) is 2.20. The van der Waals surface area contributed by atoms with Gasteiger partial charge in [-0.15, -0.1) is 0 Å². The predicted molar refractivity (Wildman–Crippen MR) is 59.6 cm³/mol. The third-order valence-electron chi connectivity index (χ3n) is 2.20. The largest absolute Gasteiger partial charge is 0.0807 e. The molecule has 0 heterocycles. The van der Waals surface area contributed by atoms with Crippen LogP contribution in [0.2, 0.25) is 0 Å². The molecule has 0 N–H and O–H groups in total. The summed E-state index contributed by atoms with van der Waals surface area (Å²) < 4.78 is 0. The number of hydrogen-bond acceptors (Lipinski definition) is 0. The van der Waals surface area contributed by atoms with E-state index in [0.717, 1.165) is 6.42 Å². The van der Waals surface area contributed by atoms with Gasteiger partial charge in [0.05, 0.1) is 0 Å². The Hall–Kier alpha value is -1.04. The number of allylic oxidation sites excluding steroid dienone is 2. The molecule has 0 amide bonds. The van der Waals surface area contributed by atoms with E-state index < -0.39 is 0 Å². The number of unbranched alkanes of at least 4 members (excludes halogenated alkanes) is 1. The standard InChI is InChI=1S/C13H18/c1-3-5-9-12(4-2)13-10-7-6-8-11-13/h6-11H,3-5H2,1-2H3/b12-9+. The van der Waals surface area contributed by atoms with Gasteiger partial charge in [-0.3, -0.25) is 0 Å². The van der Waals surface area contributed by atoms with Gasteiger partial charge in [0.25, 0.3) is 0 Å². The summed E-state index contributed by atoms with van der Waals surface area (Å²) in [5.74, 6) is 0. The highest BCUT2D eigenvalue weighted by Crippen LogP contribution is 2.18. The smallest absolute Gasteiger partial charge is 0.0228 e. The molecule has 70 valence electrons. The molecule has 0 unspecified atom stereocenters. The summed E-state index contributed by atoms with van der Waals surface area (Å²) in [5, 5.41) is 0. The molecule has 1 aromatic carbocycles. The summed E-state index contributed by atoms with van der Waals surface area (Å²) >= 11 is 0. The Balaban J connectivity index is 2.78. The molecule has 0 aromatic heterocycles. The minimum absolute atomic E-state index is 1.13. The second kappa shape index (κ2) is 5.58. The van der Waals surface area contributed by atoms with Crippen LogP contribution in [0.15, 0.2) is 36.4 Å². The predicted octanol–water partition coefficient (Wildman–Crippen LogP) is 4.28. The van der Waals surface area contributed by atoms with Crippen molar-refractivity contribution >= 4 is 5.57 Å². The molecule has 0 atom stereocenters. The monoisotopic (exact) mass is 174 g/mol. The van der Waals surface area contributed by atoms with Crippen LogP contribution in [0.1, 0.15) is 38.7 Å². The topological polar surface area (TPSA) is 0 Å². The first-order chi connectivity index (χ1) is 6.38. The highest BCUT2D eigenvalue weighted by molar-refractivity contribution is 5.65. The van der Waals surface area contributed by atoms with E-state index in [9.17, 15) is 0 Å². The highest BCUT2D eigenvalue weighted by atomic mass is 14.0. The second-order valence-electron chi connectivity index (χ2n) is 3.24. The Morgan fingerprint density at radius 2 is 1.85 bits per heavy atom. The lowest BCUT2D eigenvalue weighted by Crippen LogP contribution is -1.81. The van der Waals surface area contributed by atoms with Crippen LogP contribution >= 0.6 is 0 Å². The fourth-order valence-corrected chi connectivity index (χ4v) is 1.44. The molecule has 0 saturated carbocycles. The lowest BCUT2D eigenvalue weighted by molar-refractivity contribution is 0.955. The minimum atomic E-state index is 1.13. The number of rotatable bonds is 4. The van der Waals surface area contributed by atoms with Crippen LogP contribution in [0, 0.1) is 0 Å². The molecule has 0 fully saturated rings. The fraction of sp³-hybridized carbons (Fsp3) is 0.385. The van der Waals surface area contributed by atoms with Crippen LogP contribution < -0.4 is 0 Å². The molecule has 0 aliphatic heterocycles.